The number of ether oxygens (including phenoxy) is 1. The third-order valence-electron chi connectivity index (χ3n) is 5.17. The lowest BCUT2D eigenvalue weighted by atomic mass is 10.2. The van der Waals surface area contributed by atoms with Gasteiger partial charge in [0.05, 0.1) is 13.2 Å². The van der Waals surface area contributed by atoms with E-state index >= 15 is 0 Å². The van der Waals surface area contributed by atoms with Gasteiger partial charge in [0.1, 0.15) is 0 Å². The lowest BCUT2D eigenvalue weighted by Crippen LogP contribution is -2.40. The van der Waals surface area contributed by atoms with E-state index < -0.39 is 7.59 Å². The molecule has 2 aromatic carbocycles. The van der Waals surface area contributed by atoms with Gasteiger partial charge in [0.2, 0.25) is 0 Å². The fourth-order valence-electron chi connectivity index (χ4n) is 3.69. The van der Waals surface area contributed by atoms with E-state index in [0.29, 0.717) is 26.3 Å². The minimum atomic E-state index is -2.92. The van der Waals surface area contributed by atoms with Crippen molar-refractivity contribution in [2.75, 3.05) is 48.7 Å². The van der Waals surface area contributed by atoms with Crippen LogP contribution in [0.4, 0.5) is 11.4 Å². The Morgan fingerprint density at radius 1 is 0.731 bits per heavy atom. The fourth-order valence-corrected chi connectivity index (χ4v) is 6.82. The van der Waals surface area contributed by atoms with Crippen LogP contribution in [-0.4, -0.2) is 44.1 Å². The highest BCUT2D eigenvalue weighted by atomic mass is 31.2. The van der Waals surface area contributed by atoms with E-state index in [1.54, 1.807) is 0 Å². The zero-order valence-electron chi connectivity index (χ0n) is 15.5. The maximum absolute atomic E-state index is 14.5. The van der Waals surface area contributed by atoms with Crippen molar-refractivity contribution in [3.63, 3.8) is 0 Å². The molecule has 5 nitrogen and oxygen atoms in total. The Labute approximate surface area is 155 Å². The lowest BCUT2D eigenvalue weighted by Gasteiger charge is -2.41. The Morgan fingerprint density at radius 3 is 1.58 bits per heavy atom. The number of hydrogen-bond acceptors (Lipinski definition) is 2. The van der Waals surface area contributed by atoms with Gasteiger partial charge >= 0.3 is 7.59 Å². The molecule has 0 N–H and O–H groups in total. The quantitative estimate of drug-likeness (QED) is 0.760. The average Bonchev–Trinajstić information content (AvgIpc) is 3.02. The predicted octanol–water partition coefficient (Wildman–Crippen LogP) is 4.07. The molecule has 0 bridgehead atoms. The zero-order chi connectivity index (χ0) is 18.1. The third-order valence-corrected chi connectivity index (χ3v) is 8.43. The number of aryl methyl sites for hydroxylation is 2. The molecule has 26 heavy (non-hydrogen) atoms. The minimum absolute atomic E-state index is 0.632. The molecule has 2 saturated heterocycles. The first-order chi connectivity index (χ1) is 12.6. The van der Waals surface area contributed by atoms with Gasteiger partial charge in [0.15, 0.2) is 0 Å². The van der Waals surface area contributed by atoms with E-state index in [2.05, 4.69) is 76.4 Å². The summed E-state index contributed by atoms with van der Waals surface area (Å²) in [6.45, 7) is 8.32. The van der Waals surface area contributed by atoms with Crippen molar-refractivity contribution in [3.05, 3.63) is 59.7 Å². The van der Waals surface area contributed by atoms with Crippen LogP contribution in [0, 0.1) is 13.8 Å². The van der Waals surface area contributed by atoms with Crippen molar-refractivity contribution in [2.45, 2.75) is 13.8 Å². The summed E-state index contributed by atoms with van der Waals surface area (Å²) < 4.78 is 26.4. The van der Waals surface area contributed by atoms with E-state index in [4.69, 9.17) is 4.74 Å². The second-order valence-electron chi connectivity index (χ2n) is 7.00. The van der Waals surface area contributed by atoms with Crippen LogP contribution in [0.5, 0.6) is 0 Å². The molecular weight excluding hydrogens is 345 g/mol. The molecule has 4 rings (SSSR count). The molecule has 138 valence electrons. The van der Waals surface area contributed by atoms with Crippen LogP contribution >= 0.6 is 7.59 Å². The number of hydrogen-bond donors (Lipinski definition) is 0. The van der Waals surface area contributed by atoms with Crippen LogP contribution < -0.4 is 9.34 Å². The van der Waals surface area contributed by atoms with Crippen molar-refractivity contribution in [1.29, 1.82) is 0 Å². The van der Waals surface area contributed by atoms with Gasteiger partial charge < -0.3 is 4.74 Å². The standard InChI is InChI=1S/C20H26N3O2P/c1-17-3-7-19(8-4-17)22-11-12-23(20-9-5-18(2)6-10-20)26(22,24)21-13-15-25-16-14-21/h3-10H,11-16H2,1-2H3. The highest BCUT2D eigenvalue weighted by Gasteiger charge is 2.48. The number of rotatable bonds is 3. The largest absolute Gasteiger partial charge is 0.379 e. The summed E-state index contributed by atoms with van der Waals surface area (Å²) in [6.07, 6.45) is 0. The number of nitrogens with zero attached hydrogens (tertiary/aromatic N) is 3. The summed E-state index contributed by atoms with van der Waals surface area (Å²) in [5, 5.41) is 0. The zero-order valence-corrected chi connectivity index (χ0v) is 16.4. The van der Waals surface area contributed by atoms with Gasteiger partial charge in [-0.15, -0.1) is 0 Å². The highest BCUT2D eigenvalue weighted by Crippen LogP contribution is 2.62. The molecule has 0 saturated carbocycles. The molecule has 2 aliphatic heterocycles. The van der Waals surface area contributed by atoms with Crippen molar-refractivity contribution < 1.29 is 9.30 Å². The molecule has 0 atom stereocenters. The minimum Gasteiger partial charge on any atom is -0.379 e. The first-order valence-electron chi connectivity index (χ1n) is 9.21. The van der Waals surface area contributed by atoms with E-state index in [9.17, 15) is 4.57 Å². The molecule has 2 fully saturated rings. The Kier molecular flexibility index (Phi) is 4.78. The summed E-state index contributed by atoms with van der Waals surface area (Å²) in [5.74, 6) is 0. The first-order valence-corrected chi connectivity index (χ1v) is 10.8. The Hall–Kier alpha value is -1.81. The number of benzene rings is 2. The van der Waals surface area contributed by atoms with Gasteiger partial charge in [-0.1, -0.05) is 35.4 Å². The summed E-state index contributed by atoms with van der Waals surface area (Å²) in [4.78, 5) is 0. The maximum Gasteiger partial charge on any atom is 0.335 e. The summed E-state index contributed by atoms with van der Waals surface area (Å²) in [6, 6.07) is 16.7. The predicted molar refractivity (Wildman–Crippen MR) is 107 cm³/mol. The third kappa shape index (κ3) is 3.05. The van der Waals surface area contributed by atoms with Crippen molar-refractivity contribution in [2.24, 2.45) is 0 Å². The van der Waals surface area contributed by atoms with Gasteiger partial charge in [0.25, 0.3) is 0 Å². The van der Waals surface area contributed by atoms with Gasteiger partial charge in [0, 0.05) is 37.6 Å². The fraction of sp³-hybridized carbons (Fsp3) is 0.400. The molecule has 2 aromatic rings. The van der Waals surface area contributed by atoms with Crippen molar-refractivity contribution in [3.8, 4) is 0 Å². The number of anilines is 2. The molecule has 2 aliphatic rings. The van der Waals surface area contributed by atoms with Gasteiger partial charge in [-0.3, -0.25) is 13.9 Å². The summed E-state index contributed by atoms with van der Waals surface area (Å²) in [5.41, 5.74) is 4.48. The van der Waals surface area contributed by atoms with E-state index in [1.807, 2.05) is 0 Å². The highest BCUT2D eigenvalue weighted by molar-refractivity contribution is 7.65. The molecule has 6 heteroatoms. The second-order valence-corrected chi connectivity index (χ2v) is 9.55. The monoisotopic (exact) mass is 371 g/mol. The van der Waals surface area contributed by atoms with Gasteiger partial charge in [-0.05, 0) is 38.1 Å². The molecule has 0 aliphatic carbocycles. The molecule has 0 radical (unpaired) electrons. The molecule has 0 spiro atoms. The van der Waals surface area contributed by atoms with Crippen LogP contribution in [0.1, 0.15) is 11.1 Å². The summed E-state index contributed by atoms with van der Waals surface area (Å²) >= 11 is 0. The van der Waals surface area contributed by atoms with Crippen molar-refractivity contribution >= 4 is 19.0 Å². The van der Waals surface area contributed by atoms with E-state index in [0.717, 1.165) is 24.5 Å². The molecule has 0 amide bonds. The van der Waals surface area contributed by atoms with E-state index in [-0.39, 0.29) is 0 Å². The topological polar surface area (TPSA) is 36.0 Å². The number of morpholine rings is 1. The van der Waals surface area contributed by atoms with Crippen LogP contribution in [0.15, 0.2) is 48.5 Å². The van der Waals surface area contributed by atoms with Gasteiger partial charge in [-0.25, -0.2) is 4.67 Å². The average molecular weight is 371 g/mol. The van der Waals surface area contributed by atoms with Crippen LogP contribution in [0.2, 0.25) is 0 Å². The molecule has 0 aromatic heterocycles. The second kappa shape index (κ2) is 7.07. The van der Waals surface area contributed by atoms with Crippen LogP contribution in [-0.2, 0) is 9.30 Å². The maximum atomic E-state index is 14.5. The summed E-state index contributed by atoms with van der Waals surface area (Å²) in [7, 11) is -2.92. The van der Waals surface area contributed by atoms with Gasteiger partial charge in [-0.2, -0.15) is 0 Å². The van der Waals surface area contributed by atoms with Crippen LogP contribution in [0.3, 0.4) is 0 Å². The molecule has 0 unspecified atom stereocenters. The Morgan fingerprint density at radius 2 is 1.15 bits per heavy atom. The van der Waals surface area contributed by atoms with E-state index in [1.165, 1.54) is 11.1 Å². The lowest BCUT2D eigenvalue weighted by molar-refractivity contribution is 0.0719. The first kappa shape index (κ1) is 17.6. The molecule has 2 heterocycles. The smallest absolute Gasteiger partial charge is 0.335 e. The van der Waals surface area contributed by atoms with Crippen molar-refractivity contribution in [1.82, 2.24) is 4.67 Å². The molecular formula is C20H26N3O2P. The Balaban J connectivity index is 1.75. The Bertz CT molecular complexity index is 743. The van der Waals surface area contributed by atoms with Crippen LogP contribution in [0.25, 0.3) is 0 Å². The SMILES string of the molecule is Cc1ccc(N2CCN(c3ccc(C)cc3)P2(=O)N2CCOCC2)cc1. The normalized spacial score (nSPS) is 20.5.